The average Bonchev–Trinajstić information content (AvgIpc) is 2.91. The Morgan fingerprint density at radius 2 is 1.96 bits per heavy atom. The predicted octanol–water partition coefficient (Wildman–Crippen LogP) is 1.85. The zero-order valence-corrected chi connectivity index (χ0v) is 14.1. The highest BCUT2D eigenvalue weighted by atomic mass is 35.5. The van der Waals surface area contributed by atoms with Crippen LogP contribution in [0.15, 0.2) is 53.7 Å². The van der Waals surface area contributed by atoms with Gasteiger partial charge in [0.2, 0.25) is 0 Å². The lowest BCUT2D eigenvalue weighted by atomic mass is 10.2. The summed E-state index contributed by atoms with van der Waals surface area (Å²) in [6, 6.07) is 9.98. The molecule has 2 N–H and O–H groups in total. The maximum absolute atomic E-state index is 12.3. The molecule has 0 fully saturated rings. The van der Waals surface area contributed by atoms with E-state index < -0.39 is 15.9 Å². The van der Waals surface area contributed by atoms with E-state index in [1.165, 1.54) is 12.1 Å². The largest absolute Gasteiger partial charge is 0.350 e. The van der Waals surface area contributed by atoms with E-state index >= 15 is 0 Å². The molecule has 0 bridgehead atoms. The van der Waals surface area contributed by atoms with Crippen LogP contribution in [0.5, 0.6) is 0 Å². The summed E-state index contributed by atoms with van der Waals surface area (Å²) in [6.45, 7) is 0. The third-order valence-corrected chi connectivity index (χ3v) is 4.91. The lowest BCUT2D eigenvalue weighted by molar-refractivity contribution is 0.0946. The summed E-state index contributed by atoms with van der Waals surface area (Å²) in [5.41, 5.74) is 3.44. The Morgan fingerprint density at radius 1 is 1.21 bits per heavy atom. The third kappa shape index (κ3) is 3.12. The van der Waals surface area contributed by atoms with Crippen molar-refractivity contribution in [3.05, 3.63) is 59.5 Å². The maximum Gasteiger partial charge on any atom is 0.268 e. The number of carbonyl (C=O) groups excluding carboxylic acids is 1. The SMILES string of the molecule is Cn1cc(C(=O)NNS(=O)(=O)c2ccc(Cl)nc2)c2ccccc21. The second-order valence-electron chi connectivity index (χ2n) is 5.05. The van der Waals surface area contributed by atoms with Gasteiger partial charge in [0.25, 0.3) is 15.9 Å². The molecule has 7 nitrogen and oxygen atoms in total. The fraction of sp³-hybridized carbons (Fsp3) is 0.0667. The Hall–Kier alpha value is -2.42. The first kappa shape index (κ1) is 16.4. The van der Waals surface area contributed by atoms with E-state index in [2.05, 4.69) is 10.4 Å². The van der Waals surface area contributed by atoms with E-state index in [9.17, 15) is 13.2 Å². The van der Waals surface area contributed by atoms with Crippen LogP contribution in [0.3, 0.4) is 0 Å². The minimum atomic E-state index is -3.94. The topological polar surface area (TPSA) is 93.1 Å². The number of fused-ring (bicyclic) bond motifs is 1. The van der Waals surface area contributed by atoms with Crippen molar-refractivity contribution in [1.82, 2.24) is 19.8 Å². The number of hydrogen-bond acceptors (Lipinski definition) is 4. The summed E-state index contributed by atoms with van der Waals surface area (Å²) in [5, 5.41) is 0.901. The lowest BCUT2D eigenvalue weighted by Crippen LogP contribution is -2.41. The van der Waals surface area contributed by atoms with Gasteiger partial charge in [-0.25, -0.2) is 13.4 Å². The number of hydrazine groups is 1. The van der Waals surface area contributed by atoms with Gasteiger partial charge in [0.1, 0.15) is 10.0 Å². The minimum absolute atomic E-state index is 0.106. The van der Waals surface area contributed by atoms with Gasteiger partial charge < -0.3 is 4.57 Å². The summed E-state index contributed by atoms with van der Waals surface area (Å²) in [4.78, 5) is 18.0. The molecule has 24 heavy (non-hydrogen) atoms. The van der Waals surface area contributed by atoms with Gasteiger partial charge in [0.15, 0.2) is 0 Å². The molecule has 2 heterocycles. The van der Waals surface area contributed by atoms with Crippen molar-refractivity contribution in [2.75, 3.05) is 0 Å². The highest BCUT2D eigenvalue weighted by molar-refractivity contribution is 7.89. The number of amides is 1. The van der Waals surface area contributed by atoms with Crippen molar-refractivity contribution >= 4 is 38.4 Å². The Bertz CT molecular complexity index is 1010. The van der Waals surface area contributed by atoms with Gasteiger partial charge in [-0.15, -0.1) is 4.83 Å². The highest BCUT2D eigenvalue weighted by Gasteiger charge is 2.18. The summed E-state index contributed by atoms with van der Waals surface area (Å²) in [6.07, 6.45) is 2.74. The monoisotopic (exact) mass is 364 g/mol. The molecule has 0 spiro atoms. The van der Waals surface area contributed by atoms with E-state index in [1.807, 2.05) is 30.1 Å². The molecule has 0 radical (unpaired) electrons. The van der Waals surface area contributed by atoms with Crippen LogP contribution >= 0.6 is 11.6 Å². The standard InChI is InChI=1S/C15H13ClN4O3S/c1-20-9-12(11-4-2-3-5-13(11)20)15(21)18-19-24(22,23)10-6-7-14(16)17-8-10/h2-9,19H,1H3,(H,18,21). The van der Waals surface area contributed by atoms with Crippen LogP contribution in [0.25, 0.3) is 10.9 Å². The zero-order chi connectivity index (χ0) is 17.3. The first-order valence-corrected chi connectivity index (χ1v) is 8.72. The first-order valence-electron chi connectivity index (χ1n) is 6.86. The van der Waals surface area contributed by atoms with Gasteiger partial charge in [-0.3, -0.25) is 10.2 Å². The number of nitrogens with one attached hydrogen (secondary N) is 2. The molecule has 0 saturated heterocycles. The number of halogens is 1. The number of para-hydroxylation sites is 1. The molecule has 9 heteroatoms. The Kier molecular flexibility index (Phi) is 4.27. The van der Waals surface area contributed by atoms with Gasteiger partial charge in [0, 0.05) is 30.3 Å². The number of nitrogens with zero attached hydrogens (tertiary/aromatic N) is 2. The number of hydrogen-bond donors (Lipinski definition) is 2. The van der Waals surface area contributed by atoms with Crippen molar-refractivity contribution < 1.29 is 13.2 Å². The van der Waals surface area contributed by atoms with E-state index in [0.717, 1.165) is 17.1 Å². The summed E-state index contributed by atoms with van der Waals surface area (Å²) in [7, 11) is -2.13. The molecule has 0 aliphatic heterocycles. The summed E-state index contributed by atoms with van der Waals surface area (Å²) in [5.74, 6) is -0.558. The first-order chi connectivity index (χ1) is 11.4. The van der Waals surface area contributed by atoms with Crippen LogP contribution in [0, 0.1) is 0 Å². The highest BCUT2D eigenvalue weighted by Crippen LogP contribution is 2.20. The lowest BCUT2D eigenvalue weighted by Gasteiger charge is -2.07. The minimum Gasteiger partial charge on any atom is -0.350 e. The molecule has 3 aromatic rings. The van der Waals surface area contributed by atoms with Crippen molar-refractivity contribution in [3.8, 4) is 0 Å². The molecule has 3 rings (SSSR count). The maximum atomic E-state index is 12.3. The van der Waals surface area contributed by atoms with Crippen LogP contribution < -0.4 is 10.3 Å². The fourth-order valence-corrected chi connectivity index (χ4v) is 3.18. The molecular formula is C15H13ClN4O3S. The summed E-state index contributed by atoms with van der Waals surface area (Å²) >= 11 is 5.63. The molecule has 0 aliphatic carbocycles. The molecule has 124 valence electrons. The van der Waals surface area contributed by atoms with E-state index in [1.54, 1.807) is 16.8 Å². The van der Waals surface area contributed by atoms with Crippen LogP contribution in [-0.4, -0.2) is 23.9 Å². The second-order valence-corrected chi connectivity index (χ2v) is 7.12. The van der Waals surface area contributed by atoms with Gasteiger partial charge in [0.05, 0.1) is 5.56 Å². The van der Waals surface area contributed by atoms with Crippen LogP contribution in [0.2, 0.25) is 5.15 Å². The van der Waals surface area contributed by atoms with E-state index in [0.29, 0.717) is 5.56 Å². The average molecular weight is 365 g/mol. The van der Waals surface area contributed by atoms with E-state index in [4.69, 9.17) is 11.6 Å². The van der Waals surface area contributed by atoms with Crippen molar-refractivity contribution in [2.45, 2.75) is 4.90 Å². The van der Waals surface area contributed by atoms with E-state index in [-0.39, 0.29) is 10.0 Å². The van der Waals surface area contributed by atoms with Crippen LogP contribution in [0.4, 0.5) is 0 Å². The van der Waals surface area contributed by atoms with Gasteiger partial charge in [-0.1, -0.05) is 29.8 Å². The van der Waals surface area contributed by atoms with Crippen molar-refractivity contribution in [2.24, 2.45) is 7.05 Å². The normalized spacial score (nSPS) is 11.6. The van der Waals surface area contributed by atoms with Gasteiger partial charge >= 0.3 is 0 Å². The van der Waals surface area contributed by atoms with Crippen molar-refractivity contribution in [1.29, 1.82) is 0 Å². The summed E-state index contributed by atoms with van der Waals surface area (Å²) < 4.78 is 26.1. The molecule has 0 atom stereocenters. The fourth-order valence-electron chi connectivity index (χ4n) is 2.28. The molecule has 1 amide bonds. The Balaban J connectivity index is 1.81. The quantitative estimate of drug-likeness (QED) is 0.545. The zero-order valence-electron chi connectivity index (χ0n) is 12.5. The number of sulfonamides is 1. The molecule has 0 aliphatic rings. The molecule has 0 saturated carbocycles. The number of pyridine rings is 1. The second kappa shape index (κ2) is 6.23. The molecule has 2 aromatic heterocycles. The third-order valence-electron chi connectivity index (χ3n) is 3.45. The predicted molar refractivity (Wildman–Crippen MR) is 90.0 cm³/mol. The molecule has 1 aromatic carbocycles. The van der Waals surface area contributed by atoms with Crippen molar-refractivity contribution in [3.63, 3.8) is 0 Å². The number of benzene rings is 1. The van der Waals surface area contributed by atoms with Gasteiger partial charge in [-0.05, 0) is 18.2 Å². The number of carbonyl (C=O) groups is 1. The number of aromatic nitrogens is 2. The molecular weight excluding hydrogens is 352 g/mol. The number of rotatable bonds is 4. The number of aryl methyl sites for hydroxylation is 1. The Morgan fingerprint density at radius 3 is 2.67 bits per heavy atom. The van der Waals surface area contributed by atoms with Crippen LogP contribution in [-0.2, 0) is 17.1 Å². The Labute approximate surface area is 143 Å². The van der Waals surface area contributed by atoms with Gasteiger partial charge in [-0.2, -0.15) is 0 Å². The smallest absolute Gasteiger partial charge is 0.268 e. The van der Waals surface area contributed by atoms with Crippen LogP contribution in [0.1, 0.15) is 10.4 Å². The molecule has 0 unspecified atom stereocenters.